The number of sulfone groups is 1. The molecule has 0 spiro atoms. The van der Waals surface area contributed by atoms with Crippen molar-refractivity contribution in [2.75, 3.05) is 44.2 Å². The van der Waals surface area contributed by atoms with Crippen LogP contribution in [0.5, 0.6) is 0 Å². The van der Waals surface area contributed by atoms with Crippen molar-refractivity contribution in [1.82, 2.24) is 9.80 Å². The van der Waals surface area contributed by atoms with Crippen LogP contribution in [0.3, 0.4) is 0 Å². The second-order valence-corrected chi connectivity index (χ2v) is 8.77. The molecule has 2 heterocycles. The first-order chi connectivity index (χ1) is 11.5. The number of hydrogen-bond acceptors (Lipinski definition) is 4. The minimum Gasteiger partial charge on any atom is -0.340 e. The lowest BCUT2D eigenvalue weighted by molar-refractivity contribution is -0.136. The lowest BCUT2D eigenvalue weighted by atomic mass is 10.1. The number of carbonyl (C=O) groups is 1. The highest BCUT2D eigenvalue weighted by molar-refractivity contribution is 7.91. The van der Waals surface area contributed by atoms with Crippen LogP contribution in [0.4, 0.5) is 0 Å². The van der Waals surface area contributed by atoms with Crippen molar-refractivity contribution in [1.29, 1.82) is 0 Å². The van der Waals surface area contributed by atoms with Crippen molar-refractivity contribution >= 4 is 21.8 Å². The SMILES string of the molecule is O=C([C@H]1CCS(=O)(=O)C1)N1CCN(C/C=C/c2ccccc2)CC1. The zero-order chi connectivity index (χ0) is 17.0. The van der Waals surface area contributed by atoms with Crippen LogP contribution in [0.1, 0.15) is 12.0 Å². The second-order valence-electron chi connectivity index (χ2n) is 6.54. The summed E-state index contributed by atoms with van der Waals surface area (Å²) >= 11 is 0. The Balaban J connectivity index is 1.44. The molecule has 0 radical (unpaired) electrons. The molecule has 2 saturated heterocycles. The molecule has 6 heteroatoms. The van der Waals surface area contributed by atoms with Gasteiger partial charge in [-0.3, -0.25) is 9.69 Å². The van der Waals surface area contributed by atoms with E-state index in [-0.39, 0.29) is 23.3 Å². The van der Waals surface area contributed by atoms with Crippen molar-refractivity contribution in [2.45, 2.75) is 6.42 Å². The van der Waals surface area contributed by atoms with Gasteiger partial charge in [-0.1, -0.05) is 42.5 Å². The predicted molar refractivity (Wildman–Crippen MR) is 95.3 cm³/mol. The van der Waals surface area contributed by atoms with Gasteiger partial charge < -0.3 is 4.90 Å². The number of benzene rings is 1. The van der Waals surface area contributed by atoms with Crippen LogP contribution in [0.15, 0.2) is 36.4 Å². The van der Waals surface area contributed by atoms with Gasteiger partial charge in [0, 0.05) is 32.7 Å². The van der Waals surface area contributed by atoms with E-state index in [0.29, 0.717) is 19.5 Å². The first-order valence-corrected chi connectivity index (χ1v) is 10.3. The topological polar surface area (TPSA) is 57.7 Å². The molecule has 1 aromatic rings. The summed E-state index contributed by atoms with van der Waals surface area (Å²) in [7, 11) is -3.00. The van der Waals surface area contributed by atoms with E-state index in [1.807, 2.05) is 23.1 Å². The Morgan fingerprint density at radius 1 is 1.12 bits per heavy atom. The van der Waals surface area contributed by atoms with Gasteiger partial charge in [-0.2, -0.15) is 0 Å². The zero-order valence-corrected chi connectivity index (χ0v) is 14.6. The van der Waals surface area contributed by atoms with Gasteiger partial charge in [0.05, 0.1) is 17.4 Å². The van der Waals surface area contributed by atoms with Crippen LogP contribution in [0.25, 0.3) is 6.08 Å². The van der Waals surface area contributed by atoms with Crippen LogP contribution in [-0.2, 0) is 14.6 Å². The maximum Gasteiger partial charge on any atom is 0.226 e. The Kier molecular flexibility index (Phi) is 5.36. The Labute approximate surface area is 143 Å². The number of hydrogen-bond donors (Lipinski definition) is 0. The maximum absolute atomic E-state index is 12.4. The number of nitrogens with zero attached hydrogens (tertiary/aromatic N) is 2. The van der Waals surface area contributed by atoms with E-state index in [1.54, 1.807) is 0 Å². The smallest absolute Gasteiger partial charge is 0.226 e. The van der Waals surface area contributed by atoms with Crippen LogP contribution in [0.2, 0.25) is 0 Å². The first-order valence-electron chi connectivity index (χ1n) is 8.47. The summed E-state index contributed by atoms with van der Waals surface area (Å²) in [6.45, 7) is 3.92. The van der Waals surface area contributed by atoms with E-state index in [9.17, 15) is 13.2 Å². The monoisotopic (exact) mass is 348 g/mol. The minimum atomic E-state index is -3.00. The molecule has 1 amide bonds. The second kappa shape index (κ2) is 7.49. The molecular weight excluding hydrogens is 324 g/mol. The molecule has 0 unspecified atom stereocenters. The molecule has 0 aromatic heterocycles. The predicted octanol–water partition coefficient (Wildman–Crippen LogP) is 1.28. The normalized spacial score (nSPS) is 24.5. The van der Waals surface area contributed by atoms with Gasteiger partial charge in [-0.15, -0.1) is 0 Å². The average molecular weight is 348 g/mol. The van der Waals surface area contributed by atoms with E-state index in [4.69, 9.17) is 0 Å². The minimum absolute atomic E-state index is 0.0237. The van der Waals surface area contributed by atoms with Crippen molar-refractivity contribution < 1.29 is 13.2 Å². The molecule has 0 aliphatic carbocycles. The number of piperazine rings is 1. The number of carbonyl (C=O) groups excluding carboxylic acids is 1. The summed E-state index contributed by atoms with van der Waals surface area (Å²) in [6.07, 6.45) is 4.75. The van der Waals surface area contributed by atoms with Crippen LogP contribution in [0, 0.1) is 5.92 Å². The van der Waals surface area contributed by atoms with Crippen molar-refractivity contribution in [3.63, 3.8) is 0 Å². The molecular formula is C18H24N2O3S. The molecule has 2 aliphatic heterocycles. The van der Waals surface area contributed by atoms with Gasteiger partial charge >= 0.3 is 0 Å². The van der Waals surface area contributed by atoms with Crippen LogP contribution < -0.4 is 0 Å². The molecule has 0 saturated carbocycles. The molecule has 0 bridgehead atoms. The Morgan fingerprint density at radius 2 is 1.83 bits per heavy atom. The third-order valence-electron chi connectivity index (χ3n) is 4.74. The van der Waals surface area contributed by atoms with E-state index >= 15 is 0 Å². The summed E-state index contributed by atoms with van der Waals surface area (Å²) in [4.78, 5) is 16.6. The Hall–Kier alpha value is -1.66. The highest BCUT2D eigenvalue weighted by Crippen LogP contribution is 2.21. The van der Waals surface area contributed by atoms with E-state index in [1.165, 1.54) is 5.56 Å². The largest absolute Gasteiger partial charge is 0.340 e. The average Bonchev–Trinajstić information content (AvgIpc) is 2.96. The zero-order valence-electron chi connectivity index (χ0n) is 13.8. The lowest BCUT2D eigenvalue weighted by Gasteiger charge is -2.35. The Morgan fingerprint density at radius 3 is 2.46 bits per heavy atom. The van der Waals surface area contributed by atoms with Gasteiger partial charge in [0.25, 0.3) is 0 Å². The fourth-order valence-electron chi connectivity index (χ4n) is 3.30. The molecule has 1 aromatic carbocycles. The maximum atomic E-state index is 12.4. The lowest BCUT2D eigenvalue weighted by Crippen LogP contribution is -2.50. The van der Waals surface area contributed by atoms with Gasteiger partial charge in [0.1, 0.15) is 0 Å². The fourth-order valence-corrected chi connectivity index (χ4v) is 5.03. The molecule has 5 nitrogen and oxygen atoms in total. The van der Waals surface area contributed by atoms with Gasteiger partial charge in [0.2, 0.25) is 5.91 Å². The highest BCUT2D eigenvalue weighted by atomic mass is 32.2. The first kappa shape index (κ1) is 17.2. The van der Waals surface area contributed by atoms with Crippen molar-refractivity contribution in [3.05, 3.63) is 42.0 Å². The summed E-state index contributed by atoms with van der Waals surface area (Å²) in [5.74, 6) is -0.102. The molecule has 3 rings (SSSR count). The number of amides is 1. The van der Waals surface area contributed by atoms with Gasteiger partial charge in [-0.05, 0) is 12.0 Å². The quantitative estimate of drug-likeness (QED) is 0.822. The molecule has 2 aliphatic rings. The molecule has 2 fully saturated rings. The summed E-state index contributed by atoms with van der Waals surface area (Å²) in [5.41, 5.74) is 1.19. The van der Waals surface area contributed by atoms with E-state index < -0.39 is 9.84 Å². The molecule has 1 atom stereocenters. The van der Waals surface area contributed by atoms with Gasteiger partial charge in [0.15, 0.2) is 9.84 Å². The molecule has 130 valence electrons. The summed E-state index contributed by atoms with van der Waals surface area (Å²) < 4.78 is 23.1. The third-order valence-corrected chi connectivity index (χ3v) is 6.51. The fraction of sp³-hybridized carbons (Fsp3) is 0.500. The van der Waals surface area contributed by atoms with Crippen LogP contribution in [-0.4, -0.2) is 68.4 Å². The van der Waals surface area contributed by atoms with E-state index in [2.05, 4.69) is 29.2 Å². The van der Waals surface area contributed by atoms with E-state index in [0.717, 1.165) is 19.6 Å². The number of rotatable bonds is 4. The van der Waals surface area contributed by atoms with Crippen molar-refractivity contribution in [2.24, 2.45) is 5.92 Å². The van der Waals surface area contributed by atoms with Gasteiger partial charge in [-0.25, -0.2) is 8.42 Å². The standard InChI is InChI=1S/C18H24N2O3S/c21-18(17-8-14-24(22,23)15-17)20-12-10-19(11-13-20)9-4-7-16-5-2-1-3-6-16/h1-7,17H,8-15H2/b7-4+/t17-/m0/s1. The molecule has 0 N–H and O–H groups in total. The summed E-state index contributed by atoms with van der Waals surface area (Å²) in [5, 5.41) is 0. The van der Waals surface area contributed by atoms with Crippen molar-refractivity contribution in [3.8, 4) is 0 Å². The third kappa shape index (κ3) is 4.45. The van der Waals surface area contributed by atoms with Crippen LogP contribution >= 0.6 is 0 Å². The highest BCUT2D eigenvalue weighted by Gasteiger charge is 2.36. The Bertz CT molecular complexity index is 692. The molecule has 24 heavy (non-hydrogen) atoms. The summed E-state index contributed by atoms with van der Waals surface area (Å²) in [6, 6.07) is 10.2.